The average Bonchev–Trinajstić information content (AvgIpc) is 2.73. The fraction of sp³-hybridized carbons (Fsp3) is 0.267. The highest BCUT2D eigenvalue weighted by molar-refractivity contribution is 8.26. The van der Waals surface area contributed by atoms with E-state index in [0.29, 0.717) is 4.91 Å². The van der Waals surface area contributed by atoms with Gasteiger partial charge in [0, 0.05) is 19.8 Å². The van der Waals surface area contributed by atoms with E-state index in [-0.39, 0.29) is 10.2 Å². The fourth-order valence-corrected chi connectivity index (χ4v) is 3.36. The van der Waals surface area contributed by atoms with E-state index in [2.05, 4.69) is 0 Å². The molecule has 116 valence electrons. The van der Waals surface area contributed by atoms with Crippen molar-refractivity contribution in [2.24, 2.45) is 0 Å². The predicted octanol–water partition coefficient (Wildman–Crippen LogP) is 2.43. The first-order valence-electron chi connectivity index (χ1n) is 6.58. The molecule has 1 atom stereocenters. The van der Waals surface area contributed by atoms with E-state index >= 15 is 0 Å². The summed E-state index contributed by atoms with van der Waals surface area (Å²) in [5.74, 6) is -1.44. The molecular formula is C15H16N2O3S2. The lowest BCUT2D eigenvalue weighted by molar-refractivity contribution is -0.144. The molecule has 0 spiro atoms. The van der Waals surface area contributed by atoms with E-state index in [1.807, 2.05) is 43.3 Å². The first-order valence-corrected chi connectivity index (χ1v) is 7.81. The highest BCUT2D eigenvalue weighted by Crippen LogP contribution is 2.34. The number of thiocarbonyl (C=S) groups is 1. The van der Waals surface area contributed by atoms with Crippen LogP contribution in [-0.4, -0.2) is 46.3 Å². The van der Waals surface area contributed by atoms with Crippen molar-refractivity contribution in [2.45, 2.75) is 13.0 Å². The van der Waals surface area contributed by atoms with Crippen LogP contribution in [0, 0.1) is 0 Å². The lowest BCUT2D eigenvalue weighted by Crippen LogP contribution is -2.41. The molecule has 7 heteroatoms. The van der Waals surface area contributed by atoms with Crippen molar-refractivity contribution >= 4 is 51.9 Å². The van der Waals surface area contributed by atoms with Gasteiger partial charge in [-0.25, -0.2) is 4.79 Å². The van der Waals surface area contributed by atoms with Crippen molar-refractivity contribution in [3.8, 4) is 0 Å². The van der Waals surface area contributed by atoms with Gasteiger partial charge in [0.2, 0.25) is 0 Å². The van der Waals surface area contributed by atoms with Gasteiger partial charge in [-0.05, 0) is 30.7 Å². The Morgan fingerprint density at radius 2 is 1.95 bits per heavy atom. The molecular weight excluding hydrogens is 320 g/mol. The molecule has 1 aromatic carbocycles. The fourth-order valence-electron chi connectivity index (χ4n) is 1.94. The molecule has 0 aliphatic carbocycles. The summed E-state index contributed by atoms with van der Waals surface area (Å²) >= 11 is 6.25. The maximum atomic E-state index is 12.3. The Balaban J connectivity index is 2.24. The van der Waals surface area contributed by atoms with Gasteiger partial charge in [-0.15, -0.1) is 0 Å². The Labute approximate surface area is 138 Å². The summed E-state index contributed by atoms with van der Waals surface area (Å²) in [5, 5.41) is 9.05. The van der Waals surface area contributed by atoms with Crippen molar-refractivity contribution < 1.29 is 14.7 Å². The highest BCUT2D eigenvalue weighted by atomic mass is 32.2. The van der Waals surface area contributed by atoms with E-state index in [0.717, 1.165) is 27.9 Å². The van der Waals surface area contributed by atoms with Crippen molar-refractivity contribution in [2.75, 3.05) is 19.0 Å². The molecule has 1 amide bonds. The minimum Gasteiger partial charge on any atom is -0.480 e. The van der Waals surface area contributed by atoms with Gasteiger partial charge in [0.15, 0.2) is 0 Å². The molecule has 1 fully saturated rings. The minimum absolute atomic E-state index is 0.274. The Hall–Kier alpha value is -1.86. The molecule has 0 bridgehead atoms. The number of rotatable bonds is 4. The number of carboxylic acid groups (broad SMARTS) is 1. The van der Waals surface area contributed by atoms with Crippen LogP contribution in [0.1, 0.15) is 12.5 Å². The van der Waals surface area contributed by atoms with Crippen molar-refractivity contribution in [1.82, 2.24) is 4.90 Å². The molecule has 1 aliphatic rings. The quantitative estimate of drug-likeness (QED) is 0.673. The number of carboxylic acids is 1. The third kappa shape index (κ3) is 3.31. The van der Waals surface area contributed by atoms with Crippen LogP contribution in [-0.2, 0) is 9.59 Å². The number of hydrogen-bond donors (Lipinski definition) is 1. The van der Waals surface area contributed by atoms with Crippen molar-refractivity contribution in [3.05, 3.63) is 34.7 Å². The summed E-state index contributed by atoms with van der Waals surface area (Å²) < 4.78 is 0.274. The predicted molar refractivity (Wildman–Crippen MR) is 92.9 cm³/mol. The van der Waals surface area contributed by atoms with Gasteiger partial charge < -0.3 is 10.0 Å². The first kappa shape index (κ1) is 16.5. The highest BCUT2D eigenvalue weighted by Gasteiger charge is 2.38. The number of carbonyl (C=O) groups excluding carboxylic acids is 1. The molecule has 1 N–H and O–H groups in total. The summed E-state index contributed by atoms with van der Waals surface area (Å²) in [6, 6.07) is 6.75. The number of anilines is 1. The Kier molecular flexibility index (Phi) is 4.87. The molecule has 2 rings (SSSR count). The van der Waals surface area contributed by atoms with Crippen molar-refractivity contribution in [1.29, 1.82) is 0 Å². The molecule has 0 aromatic heterocycles. The molecule has 1 unspecified atom stereocenters. The second-order valence-corrected chi connectivity index (χ2v) is 6.73. The summed E-state index contributed by atoms with van der Waals surface area (Å²) in [5.41, 5.74) is 1.93. The van der Waals surface area contributed by atoms with Crippen molar-refractivity contribution in [3.63, 3.8) is 0 Å². The summed E-state index contributed by atoms with van der Waals surface area (Å²) in [7, 11) is 3.90. The second kappa shape index (κ2) is 6.50. The number of nitrogens with zero attached hydrogens (tertiary/aromatic N) is 2. The molecule has 1 heterocycles. The standard InChI is InChI=1S/C15H16N2O3S2/c1-9(14(19)20)17-13(18)12(22-15(17)21)8-10-4-6-11(7-5-10)16(2)3/h4-9H,1-3H3,(H,19,20)/b12-8+. The number of benzene rings is 1. The number of thioether (sulfide) groups is 1. The molecule has 5 nitrogen and oxygen atoms in total. The van der Waals surface area contributed by atoms with Crippen LogP contribution in [0.5, 0.6) is 0 Å². The Bertz CT molecular complexity index is 653. The normalized spacial score (nSPS) is 18.0. The largest absolute Gasteiger partial charge is 0.480 e. The van der Waals surface area contributed by atoms with Crippen LogP contribution >= 0.6 is 24.0 Å². The van der Waals surface area contributed by atoms with E-state index < -0.39 is 12.0 Å². The van der Waals surface area contributed by atoms with Crippen LogP contribution in [0.4, 0.5) is 5.69 Å². The number of aliphatic carboxylic acids is 1. The maximum Gasteiger partial charge on any atom is 0.326 e. The van der Waals surface area contributed by atoms with Gasteiger partial charge in [0.05, 0.1) is 4.91 Å². The van der Waals surface area contributed by atoms with Crippen LogP contribution < -0.4 is 4.90 Å². The van der Waals surface area contributed by atoms with E-state index in [4.69, 9.17) is 17.3 Å². The summed E-state index contributed by atoms with van der Waals surface area (Å²) in [6.07, 6.45) is 1.73. The van der Waals surface area contributed by atoms with Gasteiger partial charge in [-0.2, -0.15) is 0 Å². The summed E-state index contributed by atoms with van der Waals surface area (Å²) in [6.45, 7) is 1.45. The van der Waals surface area contributed by atoms with Crippen LogP contribution in [0.25, 0.3) is 6.08 Å². The number of carbonyl (C=O) groups is 2. The number of amides is 1. The summed E-state index contributed by atoms with van der Waals surface area (Å²) in [4.78, 5) is 26.9. The smallest absolute Gasteiger partial charge is 0.326 e. The topological polar surface area (TPSA) is 60.9 Å². The van der Waals surface area contributed by atoms with Gasteiger partial charge in [0.25, 0.3) is 5.91 Å². The van der Waals surface area contributed by atoms with Gasteiger partial charge in [-0.1, -0.05) is 36.1 Å². The van der Waals surface area contributed by atoms with Crippen LogP contribution in [0.3, 0.4) is 0 Å². The van der Waals surface area contributed by atoms with E-state index in [9.17, 15) is 9.59 Å². The van der Waals surface area contributed by atoms with E-state index in [1.54, 1.807) is 6.08 Å². The molecule has 22 heavy (non-hydrogen) atoms. The SMILES string of the molecule is CC(C(=O)O)N1C(=O)/C(=C\c2ccc(N(C)C)cc2)SC1=S. The zero-order valence-corrected chi connectivity index (χ0v) is 14.1. The molecule has 1 aromatic rings. The minimum atomic E-state index is -1.08. The Morgan fingerprint density at radius 3 is 2.45 bits per heavy atom. The third-order valence-electron chi connectivity index (χ3n) is 3.28. The van der Waals surface area contributed by atoms with E-state index in [1.165, 1.54) is 6.92 Å². The van der Waals surface area contributed by atoms with Crippen LogP contribution in [0.15, 0.2) is 29.2 Å². The molecule has 0 radical (unpaired) electrons. The Morgan fingerprint density at radius 1 is 1.36 bits per heavy atom. The second-order valence-electron chi connectivity index (χ2n) is 5.05. The molecule has 1 saturated heterocycles. The molecule has 1 aliphatic heterocycles. The number of hydrogen-bond acceptors (Lipinski definition) is 5. The van der Waals surface area contributed by atoms with Gasteiger partial charge in [-0.3, -0.25) is 9.69 Å². The lowest BCUT2D eigenvalue weighted by Gasteiger charge is -2.18. The molecule has 0 saturated carbocycles. The van der Waals surface area contributed by atoms with Gasteiger partial charge in [0.1, 0.15) is 10.4 Å². The maximum absolute atomic E-state index is 12.3. The zero-order chi connectivity index (χ0) is 16.4. The first-order chi connectivity index (χ1) is 10.3. The van der Waals surface area contributed by atoms with Gasteiger partial charge >= 0.3 is 5.97 Å². The van der Waals surface area contributed by atoms with Crippen LogP contribution in [0.2, 0.25) is 0 Å². The third-order valence-corrected chi connectivity index (χ3v) is 4.61. The zero-order valence-electron chi connectivity index (χ0n) is 12.4. The lowest BCUT2D eigenvalue weighted by atomic mass is 10.2. The average molecular weight is 336 g/mol. The monoisotopic (exact) mass is 336 g/mol.